The molecule has 0 fully saturated rings. The second-order valence-electron chi connectivity index (χ2n) is 2.90. The lowest BCUT2D eigenvalue weighted by Crippen LogP contribution is -2.11. The van der Waals surface area contributed by atoms with Gasteiger partial charge in [0.2, 0.25) is 16.2 Å². The van der Waals surface area contributed by atoms with Gasteiger partial charge in [0.05, 0.1) is 4.90 Å². The number of hydrogen-bond donors (Lipinski definition) is 1. The van der Waals surface area contributed by atoms with Crippen LogP contribution < -0.4 is 5.14 Å². The van der Waals surface area contributed by atoms with E-state index in [1.807, 2.05) is 0 Å². The van der Waals surface area contributed by atoms with Gasteiger partial charge in [-0.15, -0.1) is 10.2 Å². The zero-order chi connectivity index (χ0) is 10.9. The lowest BCUT2D eigenvalue weighted by atomic mass is 10.2. The van der Waals surface area contributed by atoms with E-state index in [4.69, 9.17) is 5.14 Å². The number of rotatable bonds is 2. The van der Waals surface area contributed by atoms with E-state index in [1.165, 1.54) is 12.1 Å². The number of nitrogens with zero attached hydrogens (tertiary/aromatic N) is 4. The predicted octanol–water partition coefficient (Wildman–Crippen LogP) is 1.17. The van der Waals surface area contributed by atoms with Crippen molar-refractivity contribution >= 4 is 10.0 Å². The summed E-state index contributed by atoms with van der Waals surface area (Å²) < 4.78 is 21.9. The average molecular weight is 225 g/mol. The molecule has 78 valence electrons. The lowest BCUT2D eigenvalue weighted by molar-refractivity contribution is 0.597. The fraction of sp³-hybridized carbons (Fsp3) is 0.143. The molecule has 1 aromatic carbocycles. The predicted molar refractivity (Wildman–Crippen MR) is 50.3 cm³/mol. The standard InChI is InChI=1S/C7H7N5O2S/c8-15(13,14)6-3-1-5(2-4-6)7-9-11-12-10-7/h1-4,7H,(H2,8,13,14). The van der Waals surface area contributed by atoms with Crippen molar-refractivity contribution in [1.29, 1.82) is 0 Å². The highest BCUT2D eigenvalue weighted by Gasteiger charge is 2.14. The Bertz CT molecular complexity index is 507. The number of nitrogens with two attached hydrogens (primary N) is 1. The molecule has 0 spiro atoms. The Kier molecular flexibility index (Phi) is 2.29. The molecule has 2 rings (SSSR count). The van der Waals surface area contributed by atoms with Gasteiger partial charge in [0.15, 0.2) is 0 Å². The zero-order valence-electron chi connectivity index (χ0n) is 7.48. The summed E-state index contributed by atoms with van der Waals surface area (Å²) >= 11 is 0. The smallest absolute Gasteiger partial charge is 0.225 e. The molecule has 0 atom stereocenters. The van der Waals surface area contributed by atoms with Gasteiger partial charge in [-0.2, -0.15) is 0 Å². The van der Waals surface area contributed by atoms with E-state index in [2.05, 4.69) is 20.7 Å². The van der Waals surface area contributed by atoms with Crippen molar-refractivity contribution in [2.75, 3.05) is 0 Å². The van der Waals surface area contributed by atoms with Gasteiger partial charge >= 0.3 is 0 Å². The molecule has 1 aromatic rings. The summed E-state index contributed by atoms with van der Waals surface area (Å²) in [6, 6.07) is 5.95. The highest BCUT2D eigenvalue weighted by molar-refractivity contribution is 7.89. The minimum Gasteiger partial charge on any atom is -0.225 e. The maximum absolute atomic E-state index is 11.0. The first-order valence-corrected chi connectivity index (χ1v) is 5.55. The van der Waals surface area contributed by atoms with Gasteiger partial charge in [0.1, 0.15) is 0 Å². The van der Waals surface area contributed by atoms with Gasteiger partial charge in [0, 0.05) is 5.56 Å². The Hall–Kier alpha value is -1.67. The Labute approximate surface area is 85.8 Å². The summed E-state index contributed by atoms with van der Waals surface area (Å²) in [5, 5.41) is 19.1. The molecule has 0 unspecified atom stereocenters. The molecule has 0 saturated carbocycles. The van der Waals surface area contributed by atoms with Crippen LogP contribution in [0.2, 0.25) is 0 Å². The van der Waals surface area contributed by atoms with Crippen LogP contribution in [0.4, 0.5) is 0 Å². The molecule has 0 aliphatic carbocycles. The van der Waals surface area contributed by atoms with Crippen LogP contribution in [0.3, 0.4) is 0 Å². The van der Waals surface area contributed by atoms with Crippen LogP contribution in [-0.2, 0) is 10.0 Å². The Morgan fingerprint density at radius 2 is 1.60 bits per heavy atom. The first-order chi connectivity index (χ1) is 7.07. The third-order valence-corrected chi connectivity index (χ3v) is 2.80. The van der Waals surface area contributed by atoms with Crippen molar-refractivity contribution in [3.8, 4) is 0 Å². The summed E-state index contributed by atoms with van der Waals surface area (Å²) in [5.74, 6) is 0. The molecule has 0 radical (unpaired) electrons. The molecular formula is C7H7N5O2S. The molecular weight excluding hydrogens is 218 g/mol. The van der Waals surface area contributed by atoms with E-state index in [9.17, 15) is 8.42 Å². The highest BCUT2D eigenvalue weighted by Crippen LogP contribution is 2.24. The van der Waals surface area contributed by atoms with Gasteiger partial charge in [-0.25, -0.2) is 13.6 Å². The summed E-state index contributed by atoms with van der Waals surface area (Å²) in [5.41, 5.74) is 0.715. The van der Waals surface area contributed by atoms with Crippen LogP contribution in [0.5, 0.6) is 0 Å². The van der Waals surface area contributed by atoms with Gasteiger partial charge in [-0.3, -0.25) is 0 Å². The Morgan fingerprint density at radius 3 is 2.07 bits per heavy atom. The molecule has 0 aromatic heterocycles. The largest absolute Gasteiger partial charge is 0.238 e. The molecule has 0 saturated heterocycles. The topological polar surface area (TPSA) is 110 Å². The van der Waals surface area contributed by atoms with Gasteiger partial charge in [-0.1, -0.05) is 12.1 Å². The monoisotopic (exact) mass is 225 g/mol. The summed E-state index contributed by atoms with van der Waals surface area (Å²) in [4.78, 5) is 0.0538. The van der Waals surface area contributed by atoms with Gasteiger partial charge in [0.25, 0.3) is 0 Å². The summed E-state index contributed by atoms with van der Waals surface area (Å²) in [7, 11) is -3.65. The number of benzene rings is 1. The molecule has 2 N–H and O–H groups in total. The molecule has 0 amide bonds. The Morgan fingerprint density at radius 1 is 1.07 bits per heavy atom. The third-order valence-electron chi connectivity index (χ3n) is 1.87. The van der Waals surface area contributed by atoms with Gasteiger partial charge < -0.3 is 0 Å². The molecule has 1 aliphatic heterocycles. The normalized spacial score (nSPS) is 16.1. The molecule has 15 heavy (non-hydrogen) atoms. The summed E-state index contributed by atoms with van der Waals surface area (Å²) in [6.45, 7) is 0. The fourth-order valence-corrected chi connectivity index (χ4v) is 1.65. The van der Waals surface area contributed by atoms with Crippen molar-refractivity contribution in [2.24, 2.45) is 25.8 Å². The average Bonchev–Trinajstić information content (AvgIpc) is 2.69. The number of primary sulfonamides is 1. The highest BCUT2D eigenvalue weighted by atomic mass is 32.2. The van der Waals surface area contributed by atoms with Crippen molar-refractivity contribution in [1.82, 2.24) is 0 Å². The van der Waals surface area contributed by atoms with E-state index < -0.39 is 16.2 Å². The third kappa shape index (κ3) is 2.05. The number of sulfonamides is 1. The first-order valence-electron chi connectivity index (χ1n) is 4.00. The van der Waals surface area contributed by atoms with Gasteiger partial charge in [-0.05, 0) is 22.6 Å². The molecule has 8 heteroatoms. The minimum atomic E-state index is -3.65. The van der Waals surface area contributed by atoms with Crippen LogP contribution in [0.25, 0.3) is 0 Å². The fourth-order valence-electron chi connectivity index (χ4n) is 1.13. The minimum absolute atomic E-state index is 0.0538. The molecule has 0 bridgehead atoms. The lowest BCUT2D eigenvalue weighted by Gasteiger charge is -2.02. The number of hydrogen-bond acceptors (Lipinski definition) is 6. The van der Waals surface area contributed by atoms with E-state index in [0.717, 1.165) is 0 Å². The second-order valence-corrected chi connectivity index (χ2v) is 4.46. The van der Waals surface area contributed by atoms with Crippen molar-refractivity contribution in [2.45, 2.75) is 11.1 Å². The first kappa shape index (κ1) is 9.87. The van der Waals surface area contributed by atoms with Crippen LogP contribution in [0, 0.1) is 0 Å². The van der Waals surface area contributed by atoms with Crippen LogP contribution in [0.15, 0.2) is 49.8 Å². The SMILES string of the molecule is NS(=O)(=O)c1ccc(C2N=NN=N2)cc1. The van der Waals surface area contributed by atoms with Crippen LogP contribution >= 0.6 is 0 Å². The maximum Gasteiger partial charge on any atom is 0.238 e. The molecule has 1 heterocycles. The molecule has 7 nitrogen and oxygen atoms in total. The van der Waals surface area contributed by atoms with Crippen molar-refractivity contribution < 1.29 is 8.42 Å². The second kappa shape index (κ2) is 3.48. The maximum atomic E-state index is 11.0. The van der Waals surface area contributed by atoms with Crippen molar-refractivity contribution in [3.63, 3.8) is 0 Å². The van der Waals surface area contributed by atoms with Crippen LogP contribution in [0.1, 0.15) is 11.7 Å². The van der Waals surface area contributed by atoms with E-state index in [1.54, 1.807) is 12.1 Å². The van der Waals surface area contributed by atoms with Crippen LogP contribution in [-0.4, -0.2) is 8.42 Å². The van der Waals surface area contributed by atoms with Crippen molar-refractivity contribution in [3.05, 3.63) is 29.8 Å². The van der Waals surface area contributed by atoms with E-state index in [-0.39, 0.29) is 4.90 Å². The Balaban J connectivity index is 2.32. The molecule has 1 aliphatic rings. The van der Waals surface area contributed by atoms with E-state index >= 15 is 0 Å². The quantitative estimate of drug-likeness (QED) is 0.814. The van der Waals surface area contributed by atoms with E-state index in [0.29, 0.717) is 5.56 Å². The zero-order valence-corrected chi connectivity index (χ0v) is 8.29. The summed E-state index contributed by atoms with van der Waals surface area (Å²) in [6.07, 6.45) is -0.473.